The van der Waals surface area contributed by atoms with E-state index in [1.165, 1.54) is 12.1 Å². The summed E-state index contributed by atoms with van der Waals surface area (Å²) in [6.07, 6.45) is -0.401. The molecule has 1 fully saturated rings. The summed E-state index contributed by atoms with van der Waals surface area (Å²) in [6.45, 7) is 1.26. The molecule has 1 aromatic carbocycles. The normalized spacial score (nSPS) is 21.9. The highest BCUT2D eigenvalue weighted by molar-refractivity contribution is 9.10. The van der Waals surface area contributed by atoms with Crippen molar-refractivity contribution < 1.29 is 18.3 Å². The van der Waals surface area contributed by atoms with E-state index >= 15 is 0 Å². The fraction of sp³-hybridized carbons (Fsp3) is 0.500. The third-order valence-corrected chi connectivity index (χ3v) is 3.53. The zero-order valence-electron chi connectivity index (χ0n) is 9.88. The molecule has 0 saturated carbocycles. The van der Waals surface area contributed by atoms with Crippen molar-refractivity contribution in [3.63, 3.8) is 0 Å². The molecule has 1 saturated heterocycles. The van der Waals surface area contributed by atoms with Crippen molar-refractivity contribution in [1.29, 1.82) is 0 Å². The molecule has 1 aliphatic heterocycles. The first-order valence-electron chi connectivity index (χ1n) is 5.65. The average molecular weight is 322 g/mol. The van der Waals surface area contributed by atoms with Crippen molar-refractivity contribution in [3.8, 4) is 0 Å². The van der Waals surface area contributed by atoms with Crippen molar-refractivity contribution in [3.05, 3.63) is 33.8 Å². The van der Waals surface area contributed by atoms with Gasteiger partial charge >= 0.3 is 0 Å². The number of nitrogens with one attached hydrogen (secondary N) is 1. The van der Waals surface area contributed by atoms with Gasteiger partial charge in [-0.05, 0) is 35.1 Å². The number of benzene rings is 1. The largest absolute Gasteiger partial charge is 0.376 e. The molecule has 0 aromatic heterocycles. The Labute approximate surface area is 113 Å². The second kappa shape index (κ2) is 6.06. The Hall–Kier alpha value is -0.560. The lowest BCUT2D eigenvalue weighted by Crippen LogP contribution is -2.40. The van der Waals surface area contributed by atoms with Crippen LogP contribution in [0.25, 0.3) is 0 Å². The molecule has 6 heteroatoms. The Morgan fingerprint density at radius 2 is 2.17 bits per heavy atom. The van der Waals surface area contributed by atoms with Crippen LogP contribution < -0.4 is 5.32 Å². The highest BCUT2D eigenvalue weighted by Gasteiger charge is 2.30. The summed E-state index contributed by atoms with van der Waals surface area (Å²) in [4.78, 5) is 0. The predicted molar refractivity (Wildman–Crippen MR) is 66.4 cm³/mol. The van der Waals surface area contributed by atoms with Gasteiger partial charge in [-0.2, -0.15) is 0 Å². The number of ether oxygens (including phenoxy) is 2. The molecule has 0 bridgehead atoms. The molecule has 0 aliphatic carbocycles. The number of likely N-dealkylation sites (N-methyl/N-ethyl adjacent to an activating group) is 1. The van der Waals surface area contributed by atoms with Gasteiger partial charge in [-0.25, -0.2) is 8.78 Å². The van der Waals surface area contributed by atoms with E-state index in [1.54, 1.807) is 7.05 Å². The minimum atomic E-state index is -0.608. The zero-order valence-corrected chi connectivity index (χ0v) is 11.5. The van der Waals surface area contributed by atoms with Crippen LogP contribution in [-0.4, -0.2) is 33.0 Å². The van der Waals surface area contributed by atoms with Gasteiger partial charge in [0.15, 0.2) is 0 Å². The number of halogens is 3. The van der Waals surface area contributed by atoms with Gasteiger partial charge in [0, 0.05) is 5.56 Å². The fourth-order valence-corrected chi connectivity index (χ4v) is 2.39. The van der Waals surface area contributed by atoms with E-state index < -0.39 is 23.8 Å². The Balaban J connectivity index is 2.34. The first-order chi connectivity index (χ1) is 8.65. The molecule has 2 rings (SSSR count). The van der Waals surface area contributed by atoms with Gasteiger partial charge in [-0.15, -0.1) is 0 Å². The topological polar surface area (TPSA) is 30.5 Å². The van der Waals surface area contributed by atoms with Crippen LogP contribution in [0.1, 0.15) is 11.6 Å². The first-order valence-corrected chi connectivity index (χ1v) is 6.44. The van der Waals surface area contributed by atoms with Gasteiger partial charge < -0.3 is 14.8 Å². The van der Waals surface area contributed by atoms with Gasteiger partial charge in [-0.3, -0.25) is 0 Å². The van der Waals surface area contributed by atoms with E-state index in [0.717, 1.165) is 0 Å². The molecule has 0 radical (unpaired) electrons. The molecule has 1 heterocycles. The molecule has 3 nitrogen and oxygen atoms in total. The predicted octanol–water partition coefficient (Wildman–Crippen LogP) is 2.40. The Bertz CT molecular complexity index is 425. The van der Waals surface area contributed by atoms with E-state index in [0.29, 0.717) is 19.8 Å². The minimum Gasteiger partial charge on any atom is -0.376 e. The standard InChI is InChI=1S/C12H14BrF2NO2/c1-16-12(9-6-17-4-5-18-9)10-8(14)3-2-7(13)11(10)15/h2-3,9,12,16H,4-6H2,1H3. The number of rotatable bonds is 3. The maximum Gasteiger partial charge on any atom is 0.145 e. The number of hydrogen-bond acceptors (Lipinski definition) is 3. The van der Waals surface area contributed by atoms with Gasteiger partial charge in [-0.1, -0.05) is 0 Å². The van der Waals surface area contributed by atoms with Crippen molar-refractivity contribution >= 4 is 15.9 Å². The van der Waals surface area contributed by atoms with Crippen LogP contribution >= 0.6 is 15.9 Å². The first kappa shape index (κ1) is 13.9. The maximum atomic E-state index is 14.0. The van der Waals surface area contributed by atoms with Gasteiger partial charge in [0.05, 0.1) is 30.3 Å². The van der Waals surface area contributed by atoms with Crippen LogP contribution in [0.3, 0.4) is 0 Å². The van der Waals surface area contributed by atoms with Crippen molar-refractivity contribution in [2.45, 2.75) is 12.1 Å². The van der Waals surface area contributed by atoms with Crippen molar-refractivity contribution in [1.82, 2.24) is 5.32 Å². The van der Waals surface area contributed by atoms with E-state index in [9.17, 15) is 8.78 Å². The summed E-state index contributed by atoms with van der Waals surface area (Å²) in [5, 5.41) is 2.89. The fourth-order valence-electron chi connectivity index (χ4n) is 2.04. The monoisotopic (exact) mass is 321 g/mol. The van der Waals surface area contributed by atoms with E-state index in [2.05, 4.69) is 21.2 Å². The summed E-state index contributed by atoms with van der Waals surface area (Å²) >= 11 is 3.06. The van der Waals surface area contributed by atoms with Crippen LogP contribution in [0.5, 0.6) is 0 Å². The molecular formula is C12H14BrF2NO2. The smallest absolute Gasteiger partial charge is 0.145 e. The summed E-state index contributed by atoms with van der Waals surface area (Å²) in [7, 11) is 1.64. The van der Waals surface area contributed by atoms with E-state index in [-0.39, 0.29) is 10.0 Å². The summed E-state index contributed by atoms with van der Waals surface area (Å²) in [5.41, 5.74) is -0.0256. The second-order valence-corrected chi connectivity index (χ2v) is 4.86. The molecule has 2 atom stereocenters. The van der Waals surface area contributed by atoms with E-state index in [4.69, 9.17) is 9.47 Å². The van der Waals surface area contributed by atoms with Gasteiger partial charge in [0.2, 0.25) is 0 Å². The molecule has 100 valence electrons. The zero-order chi connectivity index (χ0) is 13.1. The molecule has 1 aromatic rings. The van der Waals surface area contributed by atoms with Crippen LogP contribution in [0.4, 0.5) is 8.78 Å². The quantitative estimate of drug-likeness (QED) is 0.867. The molecule has 18 heavy (non-hydrogen) atoms. The average Bonchev–Trinajstić information content (AvgIpc) is 2.40. The molecular weight excluding hydrogens is 308 g/mol. The molecule has 1 N–H and O–H groups in total. The third-order valence-electron chi connectivity index (χ3n) is 2.91. The Morgan fingerprint density at radius 1 is 1.39 bits per heavy atom. The van der Waals surface area contributed by atoms with Crippen molar-refractivity contribution in [2.24, 2.45) is 0 Å². The summed E-state index contributed by atoms with van der Waals surface area (Å²) in [5.74, 6) is -1.20. The SMILES string of the molecule is CNC(c1c(F)ccc(Br)c1F)C1COCCO1. The summed E-state index contributed by atoms with van der Waals surface area (Å²) in [6, 6.07) is 2.00. The lowest BCUT2D eigenvalue weighted by Gasteiger charge is -2.31. The van der Waals surface area contributed by atoms with Crippen molar-refractivity contribution in [2.75, 3.05) is 26.9 Å². The molecule has 2 unspecified atom stereocenters. The molecule has 0 amide bonds. The molecule has 0 spiro atoms. The minimum absolute atomic E-state index is 0.0256. The van der Waals surface area contributed by atoms with E-state index in [1.807, 2.05) is 0 Å². The van der Waals surface area contributed by atoms with Crippen LogP contribution in [0.15, 0.2) is 16.6 Å². The van der Waals surface area contributed by atoms with Crippen LogP contribution in [0, 0.1) is 11.6 Å². The Morgan fingerprint density at radius 3 is 2.78 bits per heavy atom. The lowest BCUT2D eigenvalue weighted by molar-refractivity contribution is -0.102. The second-order valence-electron chi connectivity index (χ2n) is 4.01. The summed E-state index contributed by atoms with van der Waals surface area (Å²) < 4.78 is 38.9. The Kier molecular flexibility index (Phi) is 4.66. The number of hydrogen-bond donors (Lipinski definition) is 1. The highest BCUT2D eigenvalue weighted by Crippen LogP contribution is 2.30. The van der Waals surface area contributed by atoms with Crippen LogP contribution in [-0.2, 0) is 9.47 Å². The maximum absolute atomic E-state index is 14.0. The van der Waals surface area contributed by atoms with Gasteiger partial charge in [0.25, 0.3) is 0 Å². The molecule has 1 aliphatic rings. The lowest BCUT2D eigenvalue weighted by atomic mass is 10.00. The van der Waals surface area contributed by atoms with Crippen LogP contribution in [0.2, 0.25) is 0 Å². The third kappa shape index (κ3) is 2.71. The highest BCUT2D eigenvalue weighted by atomic mass is 79.9. The van der Waals surface area contributed by atoms with Gasteiger partial charge in [0.1, 0.15) is 17.7 Å².